The molecule has 1 aliphatic rings. The summed E-state index contributed by atoms with van der Waals surface area (Å²) in [5.41, 5.74) is 6.40. The van der Waals surface area contributed by atoms with Crippen LogP contribution in [0.15, 0.2) is 5.38 Å². The molecule has 0 radical (unpaired) electrons. The molecule has 0 saturated heterocycles. The number of thiazole rings is 1. The molecule has 1 aromatic heterocycles. The summed E-state index contributed by atoms with van der Waals surface area (Å²) < 4.78 is 0. The van der Waals surface area contributed by atoms with Gasteiger partial charge in [0.05, 0.1) is 6.04 Å². The Labute approximate surface area is 106 Å². The zero-order valence-electron chi connectivity index (χ0n) is 10.3. The molecule has 94 valence electrons. The predicted octanol–water partition coefficient (Wildman–Crippen LogP) is 3.32. The zero-order chi connectivity index (χ0) is 12.3. The van der Waals surface area contributed by atoms with E-state index in [9.17, 15) is 4.79 Å². The molecule has 1 aliphatic carbocycles. The second kappa shape index (κ2) is 5.74. The van der Waals surface area contributed by atoms with Crippen molar-refractivity contribution in [2.24, 2.45) is 11.7 Å². The fraction of sp³-hybridized carbons (Fsp3) is 0.692. The van der Waals surface area contributed by atoms with Crippen molar-refractivity contribution in [2.75, 3.05) is 0 Å². The van der Waals surface area contributed by atoms with Gasteiger partial charge in [-0.25, -0.2) is 4.98 Å². The Hall–Kier alpha value is -0.740. The molecule has 0 aliphatic heterocycles. The number of hydrogen-bond acceptors (Lipinski definition) is 4. The highest BCUT2D eigenvalue weighted by Gasteiger charge is 2.23. The van der Waals surface area contributed by atoms with Crippen molar-refractivity contribution in [3.05, 3.63) is 16.1 Å². The van der Waals surface area contributed by atoms with E-state index in [1.807, 2.05) is 12.3 Å². The molecule has 0 aromatic carbocycles. The Morgan fingerprint density at radius 3 is 2.59 bits per heavy atom. The van der Waals surface area contributed by atoms with E-state index >= 15 is 0 Å². The lowest BCUT2D eigenvalue weighted by Gasteiger charge is -2.10. The summed E-state index contributed by atoms with van der Waals surface area (Å²) in [7, 11) is 0. The minimum Gasteiger partial charge on any atom is -0.322 e. The highest BCUT2D eigenvalue weighted by atomic mass is 32.1. The van der Waals surface area contributed by atoms with E-state index in [2.05, 4.69) is 4.98 Å². The van der Waals surface area contributed by atoms with E-state index in [1.54, 1.807) is 0 Å². The van der Waals surface area contributed by atoms with Crippen LogP contribution >= 0.6 is 11.3 Å². The number of Topliss-reactive ketones (excluding diaryl/α,β-unsaturated/α-hetero) is 1. The molecule has 1 heterocycles. The third-order valence-corrected chi connectivity index (χ3v) is 4.44. The Kier molecular flexibility index (Phi) is 4.29. The molecule has 3 nitrogen and oxygen atoms in total. The van der Waals surface area contributed by atoms with Crippen LogP contribution in [0.25, 0.3) is 0 Å². The van der Waals surface area contributed by atoms with E-state index in [0.29, 0.717) is 5.69 Å². The van der Waals surface area contributed by atoms with Gasteiger partial charge >= 0.3 is 0 Å². The maximum Gasteiger partial charge on any atom is 0.185 e. The van der Waals surface area contributed by atoms with E-state index in [-0.39, 0.29) is 17.7 Å². The number of nitrogens with two attached hydrogens (primary N) is 1. The Balaban J connectivity index is 2.06. The molecular weight excluding hydrogens is 232 g/mol. The molecule has 1 atom stereocenters. The maximum atomic E-state index is 12.3. The van der Waals surface area contributed by atoms with E-state index < -0.39 is 0 Å². The molecular formula is C13H20N2OS. The van der Waals surface area contributed by atoms with Crippen molar-refractivity contribution in [1.82, 2.24) is 4.98 Å². The quantitative estimate of drug-likeness (QED) is 0.663. The summed E-state index contributed by atoms with van der Waals surface area (Å²) in [6.45, 7) is 1.90. The molecule has 1 aromatic rings. The van der Waals surface area contributed by atoms with Gasteiger partial charge in [0.1, 0.15) is 10.7 Å². The lowest BCUT2D eigenvalue weighted by molar-refractivity contribution is 0.0903. The van der Waals surface area contributed by atoms with Gasteiger partial charge < -0.3 is 5.73 Å². The van der Waals surface area contributed by atoms with Crippen LogP contribution in [-0.4, -0.2) is 10.8 Å². The highest BCUT2D eigenvalue weighted by molar-refractivity contribution is 7.09. The molecule has 1 saturated carbocycles. The minimum atomic E-state index is -0.0734. The van der Waals surface area contributed by atoms with Crippen molar-refractivity contribution >= 4 is 17.1 Å². The lowest BCUT2D eigenvalue weighted by atomic mass is 9.94. The number of carbonyl (C=O) groups excluding carboxylic acids is 1. The third-order valence-electron chi connectivity index (χ3n) is 3.39. The normalized spacial score (nSPS) is 19.9. The van der Waals surface area contributed by atoms with Crippen LogP contribution in [0.3, 0.4) is 0 Å². The van der Waals surface area contributed by atoms with Crippen LogP contribution in [0.4, 0.5) is 0 Å². The van der Waals surface area contributed by atoms with Crippen LogP contribution in [0, 0.1) is 5.92 Å². The summed E-state index contributed by atoms with van der Waals surface area (Å²) in [6, 6.07) is -0.0734. The Morgan fingerprint density at radius 2 is 2.06 bits per heavy atom. The molecule has 4 heteroatoms. The second-order valence-corrected chi connectivity index (χ2v) is 5.80. The number of nitrogens with zero attached hydrogens (tertiary/aromatic N) is 1. The molecule has 0 bridgehead atoms. The first-order chi connectivity index (χ1) is 8.18. The summed E-state index contributed by atoms with van der Waals surface area (Å²) in [5.74, 6) is 0.426. The van der Waals surface area contributed by atoms with Gasteiger partial charge in [-0.15, -0.1) is 11.3 Å². The fourth-order valence-electron chi connectivity index (χ4n) is 2.36. The molecule has 17 heavy (non-hydrogen) atoms. The largest absolute Gasteiger partial charge is 0.322 e. The van der Waals surface area contributed by atoms with Gasteiger partial charge in [-0.05, 0) is 19.8 Å². The van der Waals surface area contributed by atoms with Crippen LogP contribution in [0.5, 0.6) is 0 Å². The van der Waals surface area contributed by atoms with Crippen LogP contribution in [0.2, 0.25) is 0 Å². The van der Waals surface area contributed by atoms with Gasteiger partial charge in [-0.3, -0.25) is 4.79 Å². The van der Waals surface area contributed by atoms with Gasteiger partial charge in [0, 0.05) is 11.3 Å². The number of ketones is 1. The van der Waals surface area contributed by atoms with E-state index in [4.69, 9.17) is 5.73 Å². The standard InChI is InChI=1S/C13H20N2OS/c1-9(14)13-15-11(8-17-13)12(16)10-6-4-2-3-5-7-10/h8-10H,2-7,14H2,1H3. The van der Waals surface area contributed by atoms with Crippen molar-refractivity contribution in [3.8, 4) is 0 Å². The van der Waals surface area contributed by atoms with Gasteiger partial charge in [0.25, 0.3) is 0 Å². The third kappa shape index (κ3) is 3.13. The smallest absolute Gasteiger partial charge is 0.185 e. The first kappa shape index (κ1) is 12.7. The SMILES string of the molecule is CC(N)c1nc(C(=O)C2CCCCCC2)cs1. The molecule has 0 amide bonds. The average Bonchev–Trinajstić information content (AvgIpc) is 2.65. The first-order valence-electron chi connectivity index (χ1n) is 6.43. The van der Waals surface area contributed by atoms with Gasteiger partial charge in [0.2, 0.25) is 0 Å². The number of hydrogen-bond donors (Lipinski definition) is 1. The molecule has 2 N–H and O–H groups in total. The van der Waals surface area contributed by atoms with E-state index in [0.717, 1.165) is 17.8 Å². The monoisotopic (exact) mass is 252 g/mol. The summed E-state index contributed by atoms with van der Waals surface area (Å²) in [6.07, 6.45) is 6.97. The number of aromatic nitrogens is 1. The van der Waals surface area contributed by atoms with Crippen molar-refractivity contribution in [3.63, 3.8) is 0 Å². The fourth-order valence-corrected chi connectivity index (χ4v) is 3.13. The average molecular weight is 252 g/mol. The van der Waals surface area contributed by atoms with Gasteiger partial charge in [0.15, 0.2) is 5.78 Å². The number of rotatable bonds is 3. The van der Waals surface area contributed by atoms with E-state index in [1.165, 1.54) is 37.0 Å². The Morgan fingerprint density at radius 1 is 1.41 bits per heavy atom. The molecule has 1 unspecified atom stereocenters. The predicted molar refractivity (Wildman–Crippen MR) is 70.2 cm³/mol. The van der Waals surface area contributed by atoms with Crippen molar-refractivity contribution in [1.29, 1.82) is 0 Å². The Bertz CT molecular complexity index is 379. The maximum absolute atomic E-state index is 12.3. The molecule has 2 rings (SSSR count). The lowest BCUT2D eigenvalue weighted by Crippen LogP contribution is -2.15. The van der Waals surface area contributed by atoms with Crippen molar-refractivity contribution in [2.45, 2.75) is 51.5 Å². The first-order valence-corrected chi connectivity index (χ1v) is 7.31. The van der Waals surface area contributed by atoms with Crippen LogP contribution < -0.4 is 5.73 Å². The van der Waals surface area contributed by atoms with Gasteiger partial charge in [-0.1, -0.05) is 25.7 Å². The second-order valence-electron chi connectivity index (χ2n) is 4.91. The van der Waals surface area contributed by atoms with Gasteiger partial charge in [-0.2, -0.15) is 0 Å². The summed E-state index contributed by atoms with van der Waals surface area (Å²) >= 11 is 1.50. The molecule has 0 spiro atoms. The van der Waals surface area contributed by atoms with Crippen LogP contribution in [-0.2, 0) is 0 Å². The zero-order valence-corrected chi connectivity index (χ0v) is 11.1. The topological polar surface area (TPSA) is 56.0 Å². The summed E-state index contributed by atoms with van der Waals surface area (Å²) in [5, 5.41) is 2.73. The minimum absolute atomic E-state index is 0.0734. The summed E-state index contributed by atoms with van der Waals surface area (Å²) in [4.78, 5) is 16.7. The molecule has 1 fully saturated rings. The highest BCUT2D eigenvalue weighted by Crippen LogP contribution is 2.27. The van der Waals surface area contributed by atoms with Crippen molar-refractivity contribution < 1.29 is 4.79 Å². The van der Waals surface area contributed by atoms with Crippen LogP contribution in [0.1, 0.15) is 67.0 Å². The number of carbonyl (C=O) groups is 1.